The zero-order chi connectivity index (χ0) is 8.55. The second kappa shape index (κ2) is 2.33. The maximum Gasteiger partial charge on any atom is 0.256 e. The second-order valence-electron chi connectivity index (χ2n) is 2.33. The van der Waals surface area contributed by atoms with Crippen LogP contribution in [0.5, 0.6) is 0 Å². The summed E-state index contributed by atoms with van der Waals surface area (Å²) < 4.78 is 4.56. The fraction of sp³-hybridized carbons (Fsp3) is 0.167. The number of nitrogens with zero attached hydrogens (tertiary/aromatic N) is 3. The lowest BCUT2D eigenvalue weighted by Gasteiger charge is -2.04. The molecule has 1 aromatic rings. The number of carbonyl (C=O) groups excluding carboxylic acids is 1. The summed E-state index contributed by atoms with van der Waals surface area (Å²) in [6.07, 6.45) is 1.51. The number of anilines is 1. The first-order chi connectivity index (χ1) is 5.77. The topological polar surface area (TPSA) is 84.7 Å². The standard InChI is InChI=1S/C6H6N4O2/c7-4-3-6(11)10(8-4)5-1-2-12-9-5/h1-2H,3H2,(H2,7,8). The Morgan fingerprint density at radius 3 is 3.00 bits per heavy atom. The first kappa shape index (κ1) is 6.84. The summed E-state index contributed by atoms with van der Waals surface area (Å²) in [4.78, 5) is 11.1. The summed E-state index contributed by atoms with van der Waals surface area (Å²) in [5.74, 6) is 0.463. The Morgan fingerprint density at radius 2 is 2.50 bits per heavy atom. The average Bonchev–Trinajstić information content (AvgIpc) is 2.58. The summed E-state index contributed by atoms with van der Waals surface area (Å²) in [7, 11) is 0. The summed E-state index contributed by atoms with van der Waals surface area (Å²) >= 11 is 0. The number of amidine groups is 1. The Kier molecular flexibility index (Phi) is 1.33. The molecule has 12 heavy (non-hydrogen) atoms. The van der Waals surface area contributed by atoms with E-state index in [1.807, 2.05) is 0 Å². The van der Waals surface area contributed by atoms with Crippen LogP contribution in [0, 0.1) is 0 Å². The van der Waals surface area contributed by atoms with Crippen LogP contribution in [0.25, 0.3) is 0 Å². The Labute approximate surface area is 67.6 Å². The number of hydrogen-bond acceptors (Lipinski definition) is 5. The fourth-order valence-corrected chi connectivity index (χ4v) is 0.944. The Bertz CT molecular complexity index is 329. The van der Waals surface area contributed by atoms with E-state index < -0.39 is 0 Å². The highest BCUT2D eigenvalue weighted by atomic mass is 16.5. The molecular formula is C6H6N4O2. The van der Waals surface area contributed by atoms with Gasteiger partial charge in [-0.15, -0.1) is 0 Å². The predicted octanol–water partition coefficient (Wildman–Crippen LogP) is -0.317. The quantitative estimate of drug-likeness (QED) is 0.619. The van der Waals surface area contributed by atoms with Crippen LogP contribution in [0.15, 0.2) is 22.0 Å². The minimum Gasteiger partial charge on any atom is -0.385 e. The molecule has 62 valence electrons. The molecule has 0 fully saturated rings. The molecule has 0 spiro atoms. The van der Waals surface area contributed by atoms with Crippen molar-refractivity contribution >= 4 is 17.6 Å². The smallest absolute Gasteiger partial charge is 0.256 e. The zero-order valence-electron chi connectivity index (χ0n) is 6.10. The van der Waals surface area contributed by atoms with Crippen LogP contribution < -0.4 is 10.7 Å². The van der Waals surface area contributed by atoms with Crippen molar-refractivity contribution in [1.82, 2.24) is 5.16 Å². The SMILES string of the molecule is NC1=NN(c2ccon2)C(=O)C1. The van der Waals surface area contributed by atoms with Gasteiger partial charge in [-0.2, -0.15) is 10.1 Å². The van der Waals surface area contributed by atoms with E-state index in [4.69, 9.17) is 5.73 Å². The van der Waals surface area contributed by atoms with Crippen LogP contribution in [0.3, 0.4) is 0 Å². The van der Waals surface area contributed by atoms with Crippen molar-refractivity contribution in [3.63, 3.8) is 0 Å². The molecule has 0 unspecified atom stereocenters. The van der Waals surface area contributed by atoms with Gasteiger partial charge in [-0.1, -0.05) is 5.16 Å². The molecule has 0 aliphatic carbocycles. The summed E-state index contributed by atoms with van der Waals surface area (Å²) in [5.41, 5.74) is 5.35. The molecule has 0 atom stereocenters. The van der Waals surface area contributed by atoms with E-state index in [-0.39, 0.29) is 12.3 Å². The lowest BCUT2D eigenvalue weighted by atomic mass is 10.4. The fourth-order valence-electron chi connectivity index (χ4n) is 0.944. The van der Waals surface area contributed by atoms with Crippen LogP contribution >= 0.6 is 0 Å². The Morgan fingerprint density at radius 1 is 1.67 bits per heavy atom. The van der Waals surface area contributed by atoms with Crippen LogP contribution in [0.2, 0.25) is 0 Å². The first-order valence-corrected chi connectivity index (χ1v) is 3.33. The molecule has 0 bridgehead atoms. The van der Waals surface area contributed by atoms with Crippen molar-refractivity contribution in [3.8, 4) is 0 Å². The van der Waals surface area contributed by atoms with Crippen molar-refractivity contribution in [1.29, 1.82) is 0 Å². The maximum atomic E-state index is 11.1. The summed E-state index contributed by atoms with van der Waals surface area (Å²) in [6, 6.07) is 1.54. The van der Waals surface area contributed by atoms with Gasteiger partial charge in [0.15, 0.2) is 5.82 Å². The van der Waals surface area contributed by atoms with Crippen LogP contribution in [-0.2, 0) is 4.79 Å². The van der Waals surface area contributed by atoms with Crippen molar-refractivity contribution in [2.75, 3.05) is 5.01 Å². The third kappa shape index (κ3) is 0.931. The lowest BCUT2D eigenvalue weighted by Crippen LogP contribution is -2.19. The normalized spacial score (nSPS) is 16.8. The van der Waals surface area contributed by atoms with Gasteiger partial charge in [0.2, 0.25) is 0 Å². The minimum atomic E-state index is -0.193. The monoisotopic (exact) mass is 166 g/mol. The van der Waals surface area contributed by atoms with Gasteiger partial charge in [-0.25, -0.2) is 0 Å². The van der Waals surface area contributed by atoms with E-state index in [1.54, 1.807) is 6.07 Å². The van der Waals surface area contributed by atoms with E-state index in [1.165, 1.54) is 6.26 Å². The molecule has 6 heteroatoms. The van der Waals surface area contributed by atoms with Gasteiger partial charge in [0.25, 0.3) is 5.91 Å². The van der Waals surface area contributed by atoms with Gasteiger partial charge < -0.3 is 10.3 Å². The number of hydrazone groups is 1. The van der Waals surface area contributed by atoms with Gasteiger partial charge in [0.1, 0.15) is 12.1 Å². The van der Waals surface area contributed by atoms with E-state index in [0.717, 1.165) is 5.01 Å². The van der Waals surface area contributed by atoms with Gasteiger partial charge in [0, 0.05) is 6.07 Å². The number of nitrogens with two attached hydrogens (primary N) is 1. The molecule has 1 amide bonds. The highest BCUT2D eigenvalue weighted by Crippen LogP contribution is 2.15. The highest BCUT2D eigenvalue weighted by Gasteiger charge is 2.24. The third-order valence-electron chi connectivity index (χ3n) is 1.44. The molecule has 6 nitrogen and oxygen atoms in total. The van der Waals surface area contributed by atoms with Crippen LogP contribution in [-0.4, -0.2) is 16.9 Å². The lowest BCUT2D eigenvalue weighted by molar-refractivity contribution is -0.117. The Hall–Kier alpha value is -1.85. The van der Waals surface area contributed by atoms with Crippen molar-refractivity contribution < 1.29 is 9.32 Å². The second-order valence-corrected chi connectivity index (χ2v) is 2.33. The van der Waals surface area contributed by atoms with E-state index in [9.17, 15) is 4.79 Å². The molecule has 2 rings (SSSR count). The predicted molar refractivity (Wildman–Crippen MR) is 40.2 cm³/mol. The molecule has 1 aliphatic heterocycles. The van der Waals surface area contributed by atoms with Gasteiger partial charge in [-0.05, 0) is 0 Å². The maximum absolute atomic E-state index is 11.1. The number of hydrogen-bond donors (Lipinski definition) is 1. The molecule has 1 aliphatic rings. The van der Waals surface area contributed by atoms with Crippen molar-refractivity contribution in [2.45, 2.75) is 6.42 Å². The van der Waals surface area contributed by atoms with E-state index in [0.29, 0.717) is 11.7 Å². The summed E-state index contributed by atoms with van der Waals surface area (Å²) in [6.45, 7) is 0. The van der Waals surface area contributed by atoms with E-state index >= 15 is 0 Å². The average molecular weight is 166 g/mol. The van der Waals surface area contributed by atoms with Crippen LogP contribution in [0.4, 0.5) is 5.82 Å². The van der Waals surface area contributed by atoms with Crippen molar-refractivity contribution in [2.24, 2.45) is 10.8 Å². The number of rotatable bonds is 1. The molecule has 2 N–H and O–H groups in total. The summed E-state index contributed by atoms with van der Waals surface area (Å²) in [5, 5.41) is 8.44. The largest absolute Gasteiger partial charge is 0.385 e. The number of amides is 1. The molecule has 0 saturated heterocycles. The minimum absolute atomic E-state index is 0.146. The molecular weight excluding hydrogens is 160 g/mol. The molecule has 2 heterocycles. The molecule has 1 aromatic heterocycles. The van der Waals surface area contributed by atoms with Crippen molar-refractivity contribution in [3.05, 3.63) is 12.3 Å². The Balaban J connectivity index is 2.31. The molecule has 0 saturated carbocycles. The molecule has 0 aromatic carbocycles. The van der Waals surface area contributed by atoms with Gasteiger partial charge >= 0.3 is 0 Å². The molecule has 0 radical (unpaired) electrons. The highest BCUT2D eigenvalue weighted by molar-refractivity contribution is 6.11. The third-order valence-corrected chi connectivity index (χ3v) is 1.44. The zero-order valence-corrected chi connectivity index (χ0v) is 6.10. The van der Waals surface area contributed by atoms with Crippen LogP contribution in [0.1, 0.15) is 6.42 Å². The van der Waals surface area contributed by atoms with Gasteiger partial charge in [-0.3, -0.25) is 4.79 Å². The van der Waals surface area contributed by atoms with Gasteiger partial charge in [0.05, 0.1) is 6.42 Å². The van der Waals surface area contributed by atoms with E-state index in [2.05, 4.69) is 14.8 Å². The first-order valence-electron chi connectivity index (χ1n) is 3.33. The number of carbonyl (C=O) groups is 1. The number of aromatic nitrogens is 1.